The van der Waals surface area contributed by atoms with E-state index in [-0.39, 0.29) is 72.0 Å². The van der Waals surface area contributed by atoms with Gasteiger partial charge in [-0.15, -0.1) is 0 Å². The number of carbonyl (C=O) groups is 4. The predicted octanol–water partition coefficient (Wildman–Crippen LogP) is 11.7. The summed E-state index contributed by atoms with van der Waals surface area (Å²) in [6, 6.07) is 38.4. The first-order valence-electron chi connectivity index (χ1n) is 24.8. The van der Waals surface area contributed by atoms with E-state index in [9.17, 15) is 33.1 Å². The van der Waals surface area contributed by atoms with Crippen molar-refractivity contribution >= 4 is 45.8 Å². The zero-order valence-electron chi connectivity index (χ0n) is 41.4. The average molecular weight is 1010 g/mol. The Morgan fingerprint density at radius 2 is 1.03 bits per heavy atom. The summed E-state index contributed by atoms with van der Waals surface area (Å²) in [5.74, 6) is -0.844. The van der Waals surface area contributed by atoms with Gasteiger partial charge in [-0.3, -0.25) is 19.6 Å². The van der Waals surface area contributed by atoms with Crippen LogP contribution >= 0.6 is 0 Å². The smallest absolute Gasteiger partial charge is 0.412 e. The summed E-state index contributed by atoms with van der Waals surface area (Å²) >= 11 is 0. The van der Waals surface area contributed by atoms with E-state index in [0.29, 0.717) is 51.8 Å². The number of hydrogen-bond donors (Lipinski definition) is 3. The monoisotopic (exact) mass is 1010 g/mol. The molecule has 0 atom stereocenters. The van der Waals surface area contributed by atoms with Crippen molar-refractivity contribution in [3.05, 3.63) is 202 Å². The lowest BCUT2D eigenvalue weighted by Crippen LogP contribution is -2.28. The highest BCUT2D eigenvalue weighted by Crippen LogP contribution is 2.47. The number of fused-ring (bicyclic) bond motifs is 4. The second kappa shape index (κ2) is 23.3. The molecular weight excluding hydrogens is 959 g/mol. The van der Waals surface area contributed by atoms with Crippen LogP contribution in [-0.4, -0.2) is 62.0 Å². The summed E-state index contributed by atoms with van der Waals surface area (Å²) < 4.78 is 45.2. The number of aromatic nitrogens is 2. The third kappa shape index (κ3) is 11.3. The molecule has 2 aliphatic rings. The van der Waals surface area contributed by atoms with Crippen molar-refractivity contribution in [2.45, 2.75) is 71.8 Å². The number of hydrogen-bond acceptors (Lipinski definition) is 10. The molecule has 14 nitrogen and oxygen atoms in total. The molecule has 6 aromatic carbocycles. The van der Waals surface area contributed by atoms with Crippen LogP contribution < -0.4 is 24.8 Å². The lowest BCUT2D eigenvalue weighted by atomic mass is 9.99. The first-order chi connectivity index (χ1) is 36.5. The molecule has 16 heteroatoms. The maximum absolute atomic E-state index is 14.2. The van der Waals surface area contributed by atoms with Gasteiger partial charge in [-0.2, -0.15) is 0 Å². The minimum Gasteiger partial charge on any atom is -0.505 e. The molecule has 0 bridgehead atoms. The summed E-state index contributed by atoms with van der Waals surface area (Å²) in [4.78, 5) is 64.6. The van der Waals surface area contributed by atoms with Crippen LogP contribution in [0.3, 0.4) is 0 Å². The van der Waals surface area contributed by atoms with Crippen LogP contribution in [0.2, 0.25) is 0 Å². The van der Waals surface area contributed by atoms with Crippen LogP contribution in [0.5, 0.6) is 23.0 Å². The molecule has 4 amide bonds. The second-order valence-electron chi connectivity index (χ2n) is 18.1. The van der Waals surface area contributed by atoms with E-state index in [0.717, 1.165) is 47.9 Å². The number of phenolic OH excluding ortho intramolecular Hbond substituents is 1. The standard InChI is InChI=1S/C36H32FN3O4.C23H22FN3O4/c1-2-3-20-39-36(42)44-33-28-15-10-21-38-31(28)34(43-32(25-11-6-4-7-12-25)26-13-8-5-9-14-26)30-29(33)23-40(35(30)41)22-24-16-18-27(37)19-17-24;1-2-3-10-26-23(30)31-21-16-5-4-11-25-19(16)20(28)18-17(21)13-27(22(18)29)12-14-6-8-15(24)9-7-14/h4-19,21,32H,2-3,20,22-23H2,1H3,(H,39,42);4-9,11,28H,2-3,10,12-13H2,1H3,(H,26,30). The van der Waals surface area contributed by atoms with E-state index in [2.05, 4.69) is 20.6 Å². The van der Waals surface area contributed by atoms with Gasteiger partial charge in [-0.1, -0.05) is 112 Å². The highest BCUT2D eigenvalue weighted by atomic mass is 19.1. The molecule has 382 valence electrons. The van der Waals surface area contributed by atoms with Gasteiger partial charge in [0.25, 0.3) is 11.8 Å². The van der Waals surface area contributed by atoms with Crippen molar-refractivity contribution in [1.82, 2.24) is 30.4 Å². The minimum atomic E-state index is -0.629. The van der Waals surface area contributed by atoms with Crippen LogP contribution in [-0.2, 0) is 26.2 Å². The quantitative estimate of drug-likeness (QED) is 0.0791. The van der Waals surface area contributed by atoms with Crippen molar-refractivity contribution in [3.8, 4) is 23.0 Å². The lowest BCUT2D eigenvalue weighted by molar-refractivity contribution is 0.0756. The highest BCUT2D eigenvalue weighted by molar-refractivity contribution is 6.10. The second-order valence-corrected chi connectivity index (χ2v) is 18.1. The number of amides is 4. The number of phenols is 1. The molecule has 0 saturated heterocycles. The Labute approximate surface area is 431 Å². The van der Waals surface area contributed by atoms with E-state index in [1.54, 1.807) is 53.6 Å². The van der Waals surface area contributed by atoms with Crippen LogP contribution in [0.25, 0.3) is 21.8 Å². The van der Waals surface area contributed by atoms with E-state index in [1.165, 1.54) is 35.4 Å². The highest BCUT2D eigenvalue weighted by Gasteiger charge is 2.39. The minimum absolute atomic E-state index is 0.0738. The molecule has 8 aromatic rings. The number of aromatic hydroxyl groups is 1. The van der Waals surface area contributed by atoms with Gasteiger partial charge in [0.15, 0.2) is 11.5 Å². The molecule has 3 N–H and O–H groups in total. The molecule has 2 aliphatic heterocycles. The maximum Gasteiger partial charge on any atom is 0.412 e. The maximum atomic E-state index is 14.2. The molecule has 0 unspecified atom stereocenters. The normalized spacial score (nSPS) is 12.6. The fraction of sp³-hybridized carbons (Fsp3) is 0.220. The number of unbranched alkanes of at least 4 members (excludes halogenated alkanes) is 2. The number of nitrogens with one attached hydrogen (secondary N) is 2. The Balaban J connectivity index is 0.000000195. The van der Waals surface area contributed by atoms with E-state index in [1.807, 2.05) is 80.6 Å². The molecule has 2 aromatic heterocycles. The van der Waals surface area contributed by atoms with Gasteiger partial charge in [0, 0.05) is 60.5 Å². The molecule has 0 radical (unpaired) electrons. The van der Waals surface area contributed by atoms with E-state index in [4.69, 9.17) is 14.2 Å². The van der Waals surface area contributed by atoms with E-state index < -0.39 is 24.2 Å². The van der Waals surface area contributed by atoms with Crippen molar-refractivity contribution in [2.75, 3.05) is 13.1 Å². The van der Waals surface area contributed by atoms with Gasteiger partial charge in [0.1, 0.15) is 40.3 Å². The van der Waals surface area contributed by atoms with Crippen molar-refractivity contribution in [2.24, 2.45) is 0 Å². The zero-order chi connectivity index (χ0) is 52.4. The van der Waals surface area contributed by atoms with Gasteiger partial charge in [-0.25, -0.2) is 18.4 Å². The summed E-state index contributed by atoms with van der Waals surface area (Å²) in [6.07, 6.45) is 4.82. The molecule has 4 heterocycles. The fourth-order valence-corrected chi connectivity index (χ4v) is 9.13. The molecule has 0 saturated carbocycles. The predicted molar refractivity (Wildman–Crippen MR) is 278 cm³/mol. The molecule has 0 fully saturated rings. The number of halogens is 2. The number of nitrogens with zero attached hydrogens (tertiary/aromatic N) is 4. The SMILES string of the molecule is CCCCNC(=O)Oc1c2c(c(O)c3ncccc13)C(=O)N(Cc1ccc(F)cc1)C2.CCCCNC(=O)Oc1c2c(c(OC(c3ccccc3)c3ccccc3)c3ncccc13)C(=O)N(Cc1ccc(F)cc1)C2. The first kappa shape index (κ1) is 51.0. The topological polar surface area (TPSA) is 173 Å². The van der Waals surface area contributed by atoms with Crippen LogP contribution in [0.1, 0.15) is 99.7 Å². The van der Waals surface area contributed by atoms with Crippen LogP contribution in [0.4, 0.5) is 18.4 Å². The number of ether oxygens (including phenoxy) is 3. The zero-order valence-corrected chi connectivity index (χ0v) is 41.4. The van der Waals surface area contributed by atoms with Gasteiger partial charge in [-0.05, 0) is 83.6 Å². The number of rotatable bonds is 16. The summed E-state index contributed by atoms with van der Waals surface area (Å²) in [5.41, 5.74) is 5.26. The fourth-order valence-electron chi connectivity index (χ4n) is 9.13. The largest absolute Gasteiger partial charge is 0.505 e. The summed E-state index contributed by atoms with van der Waals surface area (Å²) in [7, 11) is 0. The number of pyridine rings is 2. The van der Waals surface area contributed by atoms with Gasteiger partial charge < -0.3 is 39.8 Å². The van der Waals surface area contributed by atoms with Gasteiger partial charge >= 0.3 is 12.2 Å². The van der Waals surface area contributed by atoms with Gasteiger partial charge in [0.2, 0.25) is 0 Å². The van der Waals surface area contributed by atoms with Crippen LogP contribution in [0, 0.1) is 11.6 Å². The summed E-state index contributed by atoms with van der Waals surface area (Å²) in [6.45, 7) is 5.77. The van der Waals surface area contributed by atoms with Crippen molar-refractivity contribution in [3.63, 3.8) is 0 Å². The van der Waals surface area contributed by atoms with Crippen LogP contribution in [0.15, 0.2) is 146 Å². The summed E-state index contributed by atoms with van der Waals surface area (Å²) in [5, 5.41) is 17.3. The molecular formula is C59H54F2N6O8. The Hall–Kier alpha value is -8.92. The average Bonchev–Trinajstić information content (AvgIpc) is 3.95. The first-order valence-corrected chi connectivity index (χ1v) is 24.8. The van der Waals surface area contributed by atoms with Crippen molar-refractivity contribution < 1.29 is 47.3 Å². The van der Waals surface area contributed by atoms with E-state index >= 15 is 0 Å². The van der Waals surface area contributed by atoms with Gasteiger partial charge in [0.05, 0.1) is 24.2 Å². The Morgan fingerprint density at radius 3 is 1.51 bits per heavy atom. The molecule has 0 spiro atoms. The number of carbonyl (C=O) groups excluding carboxylic acids is 4. The third-order valence-corrected chi connectivity index (χ3v) is 12.9. The Morgan fingerprint density at radius 1 is 0.587 bits per heavy atom. The third-order valence-electron chi connectivity index (χ3n) is 12.9. The molecule has 0 aliphatic carbocycles. The lowest BCUT2D eigenvalue weighted by Gasteiger charge is -2.23. The molecule has 10 rings (SSSR count). The number of benzene rings is 6. The van der Waals surface area contributed by atoms with Crippen molar-refractivity contribution in [1.29, 1.82) is 0 Å². The Kier molecular flexibility index (Phi) is 15.8. The Bertz CT molecular complexity index is 3330. The molecule has 75 heavy (non-hydrogen) atoms.